The highest BCUT2D eigenvalue weighted by Gasteiger charge is 2.38. The summed E-state index contributed by atoms with van der Waals surface area (Å²) in [7, 11) is -2.14. The van der Waals surface area contributed by atoms with Crippen LogP contribution in [0.25, 0.3) is 0 Å². The Labute approximate surface area is 229 Å². The Kier molecular flexibility index (Phi) is 6.87. The lowest BCUT2D eigenvalue weighted by Crippen LogP contribution is -2.49. The van der Waals surface area contributed by atoms with Crippen molar-refractivity contribution in [2.75, 3.05) is 57.6 Å². The van der Waals surface area contributed by atoms with Crippen molar-refractivity contribution in [3.63, 3.8) is 0 Å². The Morgan fingerprint density at radius 1 is 1.05 bits per heavy atom. The molecule has 3 heterocycles. The second-order valence-electron chi connectivity index (χ2n) is 11.5. The van der Waals surface area contributed by atoms with Crippen molar-refractivity contribution >= 4 is 27.5 Å². The average Bonchev–Trinajstić information content (AvgIpc) is 3.86. The van der Waals surface area contributed by atoms with E-state index in [1.54, 1.807) is 24.1 Å². The van der Waals surface area contributed by atoms with Crippen LogP contribution in [0, 0.1) is 5.92 Å². The number of hydrogen-bond acceptors (Lipinski definition) is 7. The van der Waals surface area contributed by atoms with Gasteiger partial charge >= 0.3 is 0 Å². The standard InChI is InChI=1S/C29H36N4O5S/c1-38-17-22-16-31-28(34)26(22)20-7-8-23(25(14-20)39(2,36)37)29(35)33-11-9-32(10-12-33)27-24(19-5-6-19)13-21(15-30-27)18-3-4-18/h7-8,13-15,18-19,22,26H,3-6,9-12,16-17H2,1-2H3,(H,31,34)/t22?,26-/m0/s1. The Balaban J connectivity index is 1.20. The van der Waals surface area contributed by atoms with Gasteiger partial charge in [0.25, 0.3) is 5.91 Å². The molecule has 1 aromatic carbocycles. The predicted molar refractivity (Wildman–Crippen MR) is 147 cm³/mol. The first-order valence-corrected chi connectivity index (χ1v) is 15.8. The van der Waals surface area contributed by atoms with E-state index in [0.717, 1.165) is 12.1 Å². The summed E-state index contributed by atoms with van der Waals surface area (Å²) >= 11 is 0. The minimum atomic E-state index is -3.72. The highest BCUT2D eigenvalue weighted by atomic mass is 32.2. The summed E-state index contributed by atoms with van der Waals surface area (Å²) in [6.45, 7) is 3.12. The maximum atomic E-state index is 13.6. The van der Waals surface area contributed by atoms with E-state index in [0.29, 0.717) is 56.7 Å². The van der Waals surface area contributed by atoms with Gasteiger partial charge in [0.15, 0.2) is 9.84 Å². The van der Waals surface area contributed by atoms with Gasteiger partial charge in [0, 0.05) is 58.2 Å². The normalized spacial score (nSPS) is 23.7. The van der Waals surface area contributed by atoms with E-state index in [1.165, 1.54) is 42.9 Å². The second kappa shape index (κ2) is 10.2. The van der Waals surface area contributed by atoms with E-state index in [2.05, 4.69) is 16.3 Å². The first-order chi connectivity index (χ1) is 18.7. The Morgan fingerprint density at radius 2 is 1.77 bits per heavy atom. The van der Waals surface area contributed by atoms with Crippen LogP contribution in [0.2, 0.25) is 0 Å². The van der Waals surface area contributed by atoms with Crippen molar-refractivity contribution in [3.8, 4) is 0 Å². The molecule has 2 saturated heterocycles. The molecule has 0 spiro atoms. The number of ether oxygens (including phenoxy) is 1. The van der Waals surface area contributed by atoms with Gasteiger partial charge in [0.1, 0.15) is 5.82 Å². The number of rotatable bonds is 8. The van der Waals surface area contributed by atoms with Gasteiger partial charge in [0.2, 0.25) is 5.91 Å². The second-order valence-corrected chi connectivity index (χ2v) is 13.5. The fourth-order valence-corrected chi connectivity index (χ4v) is 6.97. The third kappa shape index (κ3) is 5.28. The van der Waals surface area contributed by atoms with Crippen molar-refractivity contribution in [1.29, 1.82) is 0 Å². The molecule has 0 radical (unpaired) electrons. The van der Waals surface area contributed by atoms with Crippen LogP contribution >= 0.6 is 0 Å². The van der Waals surface area contributed by atoms with Crippen LogP contribution < -0.4 is 10.2 Å². The van der Waals surface area contributed by atoms with E-state index in [1.807, 2.05) is 6.20 Å². The van der Waals surface area contributed by atoms with Crippen molar-refractivity contribution < 1.29 is 22.7 Å². The number of methoxy groups -OCH3 is 1. The summed E-state index contributed by atoms with van der Waals surface area (Å²) in [4.78, 5) is 35.0. The molecule has 39 heavy (non-hydrogen) atoms. The maximum absolute atomic E-state index is 13.6. The van der Waals surface area contributed by atoms with Crippen LogP contribution in [-0.4, -0.2) is 82.8 Å². The Bertz CT molecular complexity index is 1390. The number of carbonyl (C=O) groups is 2. The molecular weight excluding hydrogens is 516 g/mol. The molecule has 4 fully saturated rings. The first kappa shape index (κ1) is 26.3. The van der Waals surface area contributed by atoms with Crippen LogP contribution in [0.3, 0.4) is 0 Å². The van der Waals surface area contributed by atoms with E-state index in [4.69, 9.17) is 9.72 Å². The van der Waals surface area contributed by atoms with Gasteiger partial charge in [-0.25, -0.2) is 13.4 Å². The zero-order chi connectivity index (χ0) is 27.3. The minimum Gasteiger partial charge on any atom is -0.384 e. The van der Waals surface area contributed by atoms with Crippen LogP contribution in [0.1, 0.15) is 70.5 Å². The summed E-state index contributed by atoms with van der Waals surface area (Å²) in [5.41, 5.74) is 3.44. The quantitative estimate of drug-likeness (QED) is 0.536. The predicted octanol–water partition coefficient (Wildman–Crippen LogP) is 2.68. The molecule has 2 atom stereocenters. The molecule has 2 amide bonds. The highest BCUT2D eigenvalue weighted by Crippen LogP contribution is 2.47. The monoisotopic (exact) mass is 552 g/mol. The Morgan fingerprint density at radius 3 is 2.41 bits per heavy atom. The molecule has 10 heteroatoms. The van der Waals surface area contributed by atoms with E-state index >= 15 is 0 Å². The molecule has 2 aromatic rings. The van der Waals surface area contributed by atoms with Gasteiger partial charge in [-0.1, -0.05) is 12.1 Å². The summed E-state index contributed by atoms with van der Waals surface area (Å²) < 4.78 is 30.9. The average molecular weight is 553 g/mol. The lowest BCUT2D eigenvalue weighted by molar-refractivity contribution is -0.120. The van der Waals surface area contributed by atoms with Gasteiger partial charge in [-0.15, -0.1) is 0 Å². The molecule has 208 valence electrons. The largest absolute Gasteiger partial charge is 0.384 e. The van der Waals surface area contributed by atoms with E-state index in [9.17, 15) is 18.0 Å². The van der Waals surface area contributed by atoms with Crippen LogP contribution in [-0.2, 0) is 19.4 Å². The topological polar surface area (TPSA) is 109 Å². The molecule has 2 aliphatic carbocycles. The lowest BCUT2D eigenvalue weighted by atomic mass is 9.88. The maximum Gasteiger partial charge on any atom is 0.255 e. The third-order valence-corrected chi connectivity index (χ3v) is 9.65. The number of nitrogens with zero attached hydrogens (tertiary/aromatic N) is 3. The minimum absolute atomic E-state index is 0.0309. The van der Waals surface area contributed by atoms with Crippen LogP contribution in [0.15, 0.2) is 35.4 Å². The SMILES string of the molecule is COCC1CNC(=O)[C@H]1c1ccc(C(=O)N2CCN(c3ncc(C4CC4)cc3C3CC3)CC2)c(S(C)(=O)=O)c1. The van der Waals surface area contributed by atoms with Gasteiger partial charge in [-0.3, -0.25) is 9.59 Å². The summed E-state index contributed by atoms with van der Waals surface area (Å²) in [5.74, 6) is 1.22. The van der Waals surface area contributed by atoms with Crippen molar-refractivity contribution in [3.05, 3.63) is 52.7 Å². The zero-order valence-electron chi connectivity index (χ0n) is 22.6. The molecule has 0 bridgehead atoms. The number of nitrogens with one attached hydrogen (secondary N) is 1. The van der Waals surface area contributed by atoms with Gasteiger partial charge in [0.05, 0.1) is 23.0 Å². The number of sulfone groups is 1. The number of hydrogen-bond donors (Lipinski definition) is 1. The number of anilines is 1. The number of aromatic nitrogens is 1. The summed E-state index contributed by atoms with van der Waals surface area (Å²) in [6.07, 6.45) is 8.06. The third-order valence-electron chi connectivity index (χ3n) is 8.52. The fraction of sp³-hybridized carbons (Fsp3) is 0.552. The summed E-state index contributed by atoms with van der Waals surface area (Å²) in [5, 5.41) is 2.84. The fourth-order valence-electron chi connectivity index (χ4n) is 6.06. The highest BCUT2D eigenvalue weighted by molar-refractivity contribution is 7.90. The molecule has 1 aromatic heterocycles. The van der Waals surface area contributed by atoms with Gasteiger partial charge in [-0.05, 0) is 66.3 Å². The number of piperazine rings is 1. The number of pyridine rings is 1. The number of amides is 2. The molecule has 1 N–H and O–H groups in total. The summed E-state index contributed by atoms with van der Waals surface area (Å²) in [6, 6.07) is 7.14. The van der Waals surface area contributed by atoms with Crippen molar-refractivity contribution in [2.24, 2.45) is 5.92 Å². The van der Waals surface area contributed by atoms with E-state index in [-0.39, 0.29) is 28.2 Å². The van der Waals surface area contributed by atoms with Crippen molar-refractivity contribution in [2.45, 2.75) is 48.3 Å². The molecular formula is C29H36N4O5S. The number of benzene rings is 1. The molecule has 9 nitrogen and oxygen atoms in total. The molecule has 4 aliphatic rings. The van der Waals surface area contributed by atoms with E-state index < -0.39 is 15.8 Å². The van der Waals surface area contributed by atoms with Crippen molar-refractivity contribution in [1.82, 2.24) is 15.2 Å². The molecule has 2 aliphatic heterocycles. The molecule has 6 rings (SSSR count). The molecule has 1 unspecified atom stereocenters. The molecule has 2 saturated carbocycles. The Hall–Kier alpha value is -2.98. The zero-order valence-corrected chi connectivity index (χ0v) is 23.4. The lowest BCUT2D eigenvalue weighted by Gasteiger charge is -2.36. The smallest absolute Gasteiger partial charge is 0.255 e. The van der Waals surface area contributed by atoms with Gasteiger partial charge in [-0.2, -0.15) is 0 Å². The number of carbonyl (C=O) groups excluding carboxylic acids is 2. The van der Waals surface area contributed by atoms with Crippen LogP contribution in [0.4, 0.5) is 5.82 Å². The first-order valence-electron chi connectivity index (χ1n) is 13.9. The van der Waals surface area contributed by atoms with Crippen LogP contribution in [0.5, 0.6) is 0 Å². The van der Waals surface area contributed by atoms with Gasteiger partial charge < -0.3 is 19.9 Å².